The number of ether oxygens (including phenoxy) is 1. The zero-order chi connectivity index (χ0) is 18.6. The highest BCUT2D eigenvalue weighted by atomic mass is 16.5. The first-order valence-corrected chi connectivity index (χ1v) is 9.28. The molecule has 2 heterocycles. The number of nitrogens with zero attached hydrogens (tertiary/aromatic N) is 2. The summed E-state index contributed by atoms with van der Waals surface area (Å²) in [6.45, 7) is 3.59. The van der Waals surface area contributed by atoms with Gasteiger partial charge in [0.2, 0.25) is 5.91 Å². The molecular formula is C21H23N3O3. The third-order valence-corrected chi connectivity index (χ3v) is 5.01. The summed E-state index contributed by atoms with van der Waals surface area (Å²) in [6, 6.07) is 17.1. The Morgan fingerprint density at radius 2 is 1.67 bits per heavy atom. The minimum atomic E-state index is -0.504. The Hall–Kier alpha value is -2.86. The third kappa shape index (κ3) is 3.95. The van der Waals surface area contributed by atoms with Crippen molar-refractivity contribution in [3.05, 3.63) is 60.2 Å². The molecule has 27 heavy (non-hydrogen) atoms. The number of carbonyl (C=O) groups excluding carboxylic acids is 2. The van der Waals surface area contributed by atoms with Crippen LogP contribution in [0.3, 0.4) is 0 Å². The van der Waals surface area contributed by atoms with E-state index in [1.54, 1.807) is 0 Å². The molecule has 0 spiro atoms. The molecule has 0 aliphatic carbocycles. The molecule has 2 aliphatic heterocycles. The van der Waals surface area contributed by atoms with E-state index in [0.29, 0.717) is 6.54 Å². The molecule has 6 nitrogen and oxygen atoms in total. The lowest BCUT2D eigenvalue weighted by Gasteiger charge is -2.29. The first-order valence-electron chi connectivity index (χ1n) is 9.28. The van der Waals surface area contributed by atoms with Gasteiger partial charge in [0.1, 0.15) is 6.04 Å². The van der Waals surface area contributed by atoms with Crippen molar-refractivity contribution in [1.29, 1.82) is 0 Å². The topological polar surface area (TPSA) is 61.9 Å². The van der Waals surface area contributed by atoms with E-state index in [1.807, 2.05) is 54.6 Å². The van der Waals surface area contributed by atoms with Crippen molar-refractivity contribution < 1.29 is 14.3 Å². The van der Waals surface area contributed by atoms with Gasteiger partial charge in [-0.15, -0.1) is 0 Å². The van der Waals surface area contributed by atoms with Gasteiger partial charge < -0.3 is 15.0 Å². The molecular weight excluding hydrogens is 342 g/mol. The Labute approximate surface area is 158 Å². The first-order chi connectivity index (χ1) is 13.2. The van der Waals surface area contributed by atoms with Crippen molar-refractivity contribution in [2.24, 2.45) is 0 Å². The van der Waals surface area contributed by atoms with E-state index in [0.717, 1.165) is 43.2 Å². The van der Waals surface area contributed by atoms with Crippen LogP contribution in [0.5, 0.6) is 0 Å². The maximum Gasteiger partial charge on any atom is 0.252 e. The summed E-state index contributed by atoms with van der Waals surface area (Å²) in [7, 11) is 0. The van der Waals surface area contributed by atoms with Crippen molar-refractivity contribution in [1.82, 2.24) is 4.90 Å². The average Bonchev–Trinajstić information content (AvgIpc) is 2.97. The number of hydrogen-bond acceptors (Lipinski definition) is 5. The number of nitrogens with one attached hydrogen (secondary N) is 1. The SMILES string of the molecule is O=C1C[C@@H](Nc2ccc(N3CCOCC3)cc2)C(=O)N1Cc1ccccc1. The largest absolute Gasteiger partial charge is 0.378 e. The number of amides is 2. The fourth-order valence-electron chi connectivity index (χ4n) is 3.52. The van der Waals surface area contributed by atoms with Gasteiger partial charge in [0.05, 0.1) is 26.2 Å². The van der Waals surface area contributed by atoms with Gasteiger partial charge >= 0.3 is 0 Å². The normalized spacial score (nSPS) is 20.2. The van der Waals surface area contributed by atoms with E-state index in [4.69, 9.17) is 4.74 Å². The number of rotatable bonds is 5. The lowest BCUT2D eigenvalue weighted by atomic mass is 10.2. The van der Waals surface area contributed by atoms with Gasteiger partial charge in [-0.3, -0.25) is 14.5 Å². The Balaban J connectivity index is 1.39. The van der Waals surface area contributed by atoms with Gasteiger partial charge in [0, 0.05) is 24.5 Å². The molecule has 6 heteroatoms. The van der Waals surface area contributed by atoms with Crippen molar-refractivity contribution in [3.8, 4) is 0 Å². The van der Waals surface area contributed by atoms with Crippen LogP contribution >= 0.6 is 0 Å². The average molecular weight is 365 g/mol. The van der Waals surface area contributed by atoms with Gasteiger partial charge in [0.25, 0.3) is 5.91 Å². The second kappa shape index (κ2) is 7.80. The predicted octanol–water partition coefficient (Wildman–Crippen LogP) is 2.26. The van der Waals surface area contributed by atoms with Crippen LogP contribution in [0.2, 0.25) is 0 Å². The van der Waals surface area contributed by atoms with Gasteiger partial charge in [-0.25, -0.2) is 0 Å². The second-order valence-corrected chi connectivity index (χ2v) is 6.85. The van der Waals surface area contributed by atoms with Crippen LogP contribution in [-0.2, 0) is 20.9 Å². The summed E-state index contributed by atoms with van der Waals surface area (Å²) in [5.74, 6) is -0.299. The second-order valence-electron chi connectivity index (χ2n) is 6.85. The Kier molecular flexibility index (Phi) is 5.07. The van der Waals surface area contributed by atoms with E-state index < -0.39 is 6.04 Å². The van der Waals surface area contributed by atoms with E-state index in [1.165, 1.54) is 4.90 Å². The highest BCUT2D eigenvalue weighted by Gasteiger charge is 2.38. The summed E-state index contributed by atoms with van der Waals surface area (Å²) in [5, 5.41) is 3.21. The number of likely N-dealkylation sites (tertiary alicyclic amines) is 1. The van der Waals surface area contributed by atoms with E-state index in [-0.39, 0.29) is 18.2 Å². The van der Waals surface area contributed by atoms with Gasteiger partial charge in [0.15, 0.2) is 0 Å². The van der Waals surface area contributed by atoms with Crippen molar-refractivity contribution >= 4 is 23.2 Å². The molecule has 0 bridgehead atoms. The third-order valence-electron chi connectivity index (χ3n) is 5.01. The molecule has 2 amide bonds. The Morgan fingerprint density at radius 3 is 2.37 bits per heavy atom. The fourth-order valence-corrected chi connectivity index (χ4v) is 3.52. The molecule has 1 atom stereocenters. The quantitative estimate of drug-likeness (QED) is 0.824. The molecule has 2 saturated heterocycles. The molecule has 2 aromatic carbocycles. The van der Waals surface area contributed by atoms with Crippen LogP contribution in [0.15, 0.2) is 54.6 Å². The smallest absolute Gasteiger partial charge is 0.252 e. The highest BCUT2D eigenvalue weighted by Crippen LogP contribution is 2.23. The summed E-state index contributed by atoms with van der Waals surface area (Å²) in [6.07, 6.45) is 0.191. The monoisotopic (exact) mass is 365 g/mol. The number of carbonyl (C=O) groups is 2. The molecule has 0 aromatic heterocycles. The molecule has 2 aliphatic rings. The van der Waals surface area contributed by atoms with Crippen LogP contribution < -0.4 is 10.2 Å². The number of imide groups is 1. The molecule has 0 unspecified atom stereocenters. The van der Waals surface area contributed by atoms with Crippen LogP contribution in [-0.4, -0.2) is 49.1 Å². The Morgan fingerprint density at radius 1 is 0.963 bits per heavy atom. The molecule has 140 valence electrons. The summed E-state index contributed by atoms with van der Waals surface area (Å²) >= 11 is 0. The lowest BCUT2D eigenvalue weighted by Crippen LogP contribution is -2.36. The molecule has 4 rings (SSSR count). The van der Waals surface area contributed by atoms with Crippen LogP contribution in [0.4, 0.5) is 11.4 Å². The van der Waals surface area contributed by atoms with Crippen LogP contribution in [0.1, 0.15) is 12.0 Å². The minimum absolute atomic E-state index is 0.133. The van der Waals surface area contributed by atoms with Crippen LogP contribution in [0, 0.1) is 0 Å². The molecule has 2 aromatic rings. The maximum atomic E-state index is 12.7. The van der Waals surface area contributed by atoms with Gasteiger partial charge in [-0.1, -0.05) is 30.3 Å². The lowest BCUT2D eigenvalue weighted by molar-refractivity contribution is -0.139. The van der Waals surface area contributed by atoms with Crippen molar-refractivity contribution in [2.75, 3.05) is 36.5 Å². The van der Waals surface area contributed by atoms with E-state index >= 15 is 0 Å². The number of anilines is 2. The predicted molar refractivity (Wildman–Crippen MR) is 104 cm³/mol. The highest BCUT2D eigenvalue weighted by molar-refractivity contribution is 6.06. The first kappa shape index (κ1) is 17.5. The molecule has 0 saturated carbocycles. The molecule has 0 radical (unpaired) electrons. The number of benzene rings is 2. The standard InChI is InChI=1S/C21H23N3O3/c25-20-14-19(21(26)24(20)15-16-4-2-1-3-5-16)22-17-6-8-18(9-7-17)23-10-12-27-13-11-23/h1-9,19,22H,10-15H2/t19-/m1/s1. The molecule has 1 N–H and O–H groups in total. The molecule has 2 fully saturated rings. The summed E-state index contributed by atoms with van der Waals surface area (Å²) in [4.78, 5) is 28.6. The van der Waals surface area contributed by atoms with Crippen LogP contribution in [0.25, 0.3) is 0 Å². The van der Waals surface area contributed by atoms with E-state index in [2.05, 4.69) is 10.2 Å². The Bertz CT molecular complexity index is 801. The van der Waals surface area contributed by atoms with Gasteiger partial charge in [-0.2, -0.15) is 0 Å². The van der Waals surface area contributed by atoms with Gasteiger partial charge in [-0.05, 0) is 29.8 Å². The maximum absolute atomic E-state index is 12.7. The summed E-state index contributed by atoms with van der Waals surface area (Å²) < 4.78 is 5.38. The van der Waals surface area contributed by atoms with Crippen molar-refractivity contribution in [2.45, 2.75) is 19.0 Å². The minimum Gasteiger partial charge on any atom is -0.378 e. The van der Waals surface area contributed by atoms with E-state index in [9.17, 15) is 9.59 Å². The zero-order valence-corrected chi connectivity index (χ0v) is 15.1. The number of hydrogen-bond donors (Lipinski definition) is 1. The zero-order valence-electron chi connectivity index (χ0n) is 15.1. The van der Waals surface area contributed by atoms with Crippen molar-refractivity contribution in [3.63, 3.8) is 0 Å². The number of morpholine rings is 1. The fraction of sp³-hybridized carbons (Fsp3) is 0.333. The summed E-state index contributed by atoms with van der Waals surface area (Å²) in [5.41, 5.74) is 2.94.